The molecule has 0 radical (unpaired) electrons. The van der Waals surface area contributed by atoms with Crippen LogP contribution in [0.15, 0.2) is 36.4 Å². The van der Waals surface area contributed by atoms with Gasteiger partial charge in [-0.3, -0.25) is 0 Å². The highest BCUT2D eigenvalue weighted by molar-refractivity contribution is 7.80. The van der Waals surface area contributed by atoms with Gasteiger partial charge < -0.3 is 9.64 Å². The molecule has 0 bridgehead atoms. The molecule has 0 amide bonds. The largest absolute Gasteiger partial charge is 0.488 e. The molecule has 1 aliphatic heterocycles. The number of benzene rings is 2. The summed E-state index contributed by atoms with van der Waals surface area (Å²) in [5.41, 5.74) is 1.80. The van der Waals surface area contributed by atoms with E-state index in [2.05, 4.69) is 4.90 Å². The minimum Gasteiger partial charge on any atom is -0.488 e. The van der Waals surface area contributed by atoms with Gasteiger partial charge in [-0.2, -0.15) is 0 Å². The summed E-state index contributed by atoms with van der Waals surface area (Å²) in [6.07, 6.45) is 2.33. The molecule has 2 aromatic rings. The van der Waals surface area contributed by atoms with E-state index < -0.39 is 0 Å². The molecule has 0 unspecified atom stereocenters. The number of rotatable bonds is 4. The Hall–Kier alpha value is -1.00. The quantitative estimate of drug-likeness (QED) is 0.584. The standard InChI is InChI=1S/C18H16Cl3NOS/c19-13-4-6-17(14(10-13)18(24)22-7-1-2-8-22)23-11-12-3-5-15(20)16(21)9-12/h3-6,9-10H,1-2,7-8,11H2. The normalized spacial score (nSPS) is 14.0. The van der Waals surface area contributed by atoms with E-state index in [1.165, 1.54) is 12.8 Å². The lowest BCUT2D eigenvalue weighted by molar-refractivity contribution is 0.305. The number of likely N-dealkylation sites (tertiary alicyclic amines) is 1. The molecule has 0 N–H and O–H groups in total. The lowest BCUT2D eigenvalue weighted by atomic mass is 10.2. The van der Waals surface area contributed by atoms with Gasteiger partial charge in [-0.1, -0.05) is 53.1 Å². The first-order valence-electron chi connectivity index (χ1n) is 7.70. The van der Waals surface area contributed by atoms with Crippen LogP contribution in [0.4, 0.5) is 0 Å². The summed E-state index contributed by atoms with van der Waals surface area (Å²) >= 11 is 23.8. The highest BCUT2D eigenvalue weighted by atomic mass is 35.5. The van der Waals surface area contributed by atoms with Gasteiger partial charge in [0.05, 0.1) is 15.6 Å². The molecule has 1 fully saturated rings. The fourth-order valence-electron chi connectivity index (χ4n) is 2.68. The van der Waals surface area contributed by atoms with Crippen LogP contribution in [-0.4, -0.2) is 23.0 Å². The van der Waals surface area contributed by atoms with E-state index in [0.717, 1.165) is 35.0 Å². The van der Waals surface area contributed by atoms with E-state index in [0.29, 0.717) is 21.7 Å². The van der Waals surface area contributed by atoms with Crippen molar-refractivity contribution in [3.05, 3.63) is 62.6 Å². The van der Waals surface area contributed by atoms with Crippen molar-refractivity contribution in [2.45, 2.75) is 19.4 Å². The van der Waals surface area contributed by atoms with Crippen molar-refractivity contribution in [2.75, 3.05) is 13.1 Å². The fraction of sp³-hybridized carbons (Fsp3) is 0.278. The van der Waals surface area contributed by atoms with E-state index in [1.807, 2.05) is 24.3 Å². The first-order valence-corrected chi connectivity index (χ1v) is 9.24. The first kappa shape index (κ1) is 17.8. The molecule has 126 valence electrons. The predicted molar refractivity (Wildman–Crippen MR) is 105 cm³/mol. The van der Waals surface area contributed by atoms with Gasteiger partial charge in [0.25, 0.3) is 0 Å². The van der Waals surface area contributed by atoms with Crippen LogP contribution in [0.25, 0.3) is 0 Å². The Morgan fingerprint density at radius 3 is 2.46 bits per heavy atom. The first-order chi connectivity index (χ1) is 11.5. The van der Waals surface area contributed by atoms with Crippen molar-refractivity contribution in [1.29, 1.82) is 0 Å². The maximum atomic E-state index is 6.16. The molecule has 0 aromatic heterocycles. The molecule has 1 heterocycles. The Kier molecular flexibility index (Phi) is 5.88. The molecule has 2 aromatic carbocycles. The molecular formula is C18H16Cl3NOS. The van der Waals surface area contributed by atoms with Gasteiger partial charge in [-0.15, -0.1) is 0 Å². The Labute approximate surface area is 162 Å². The molecule has 0 saturated carbocycles. The van der Waals surface area contributed by atoms with Crippen molar-refractivity contribution in [1.82, 2.24) is 4.90 Å². The van der Waals surface area contributed by atoms with Gasteiger partial charge in [0.2, 0.25) is 0 Å². The van der Waals surface area contributed by atoms with Gasteiger partial charge >= 0.3 is 0 Å². The topological polar surface area (TPSA) is 12.5 Å². The van der Waals surface area contributed by atoms with Gasteiger partial charge in [-0.05, 0) is 48.7 Å². The van der Waals surface area contributed by atoms with Crippen LogP contribution in [-0.2, 0) is 6.61 Å². The van der Waals surface area contributed by atoms with Crippen LogP contribution < -0.4 is 4.74 Å². The molecule has 24 heavy (non-hydrogen) atoms. The van der Waals surface area contributed by atoms with E-state index in [1.54, 1.807) is 12.1 Å². The van der Waals surface area contributed by atoms with E-state index >= 15 is 0 Å². The summed E-state index contributed by atoms with van der Waals surface area (Å²) in [7, 11) is 0. The Morgan fingerprint density at radius 2 is 1.75 bits per heavy atom. The van der Waals surface area contributed by atoms with Crippen LogP contribution in [0.3, 0.4) is 0 Å². The van der Waals surface area contributed by atoms with Crippen LogP contribution in [0.5, 0.6) is 5.75 Å². The minimum atomic E-state index is 0.383. The number of thiocarbonyl (C=S) groups is 1. The third-order valence-electron chi connectivity index (χ3n) is 3.94. The van der Waals surface area contributed by atoms with Crippen molar-refractivity contribution in [3.63, 3.8) is 0 Å². The van der Waals surface area contributed by atoms with Crippen molar-refractivity contribution < 1.29 is 4.74 Å². The SMILES string of the molecule is S=C(c1cc(Cl)ccc1OCc1ccc(Cl)c(Cl)c1)N1CCCC1. The van der Waals surface area contributed by atoms with Crippen LogP contribution in [0, 0.1) is 0 Å². The lowest BCUT2D eigenvalue weighted by Crippen LogP contribution is -2.27. The summed E-state index contributed by atoms with van der Waals surface area (Å²) in [6, 6.07) is 11.0. The molecule has 0 spiro atoms. The average molecular weight is 401 g/mol. The Bertz CT molecular complexity index is 760. The molecule has 3 rings (SSSR count). The van der Waals surface area contributed by atoms with Gasteiger partial charge in [-0.25, -0.2) is 0 Å². The number of hydrogen-bond acceptors (Lipinski definition) is 2. The van der Waals surface area contributed by atoms with E-state index in [-0.39, 0.29) is 0 Å². The molecular weight excluding hydrogens is 385 g/mol. The summed E-state index contributed by atoms with van der Waals surface area (Å²) in [6.45, 7) is 2.35. The summed E-state index contributed by atoms with van der Waals surface area (Å²) in [5.74, 6) is 0.724. The highest BCUT2D eigenvalue weighted by Crippen LogP contribution is 2.28. The van der Waals surface area contributed by atoms with E-state index in [4.69, 9.17) is 51.8 Å². The molecule has 0 atom stereocenters. The molecule has 1 aliphatic rings. The highest BCUT2D eigenvalue weighted by Gasteiger charge is 2.19. The molecule has 1 saturated heterocycles. The second-order valence-corrected chi connectivity index (χ2v) is 7.31. The third kappa shape index (κ3) is 4.15. The zero-order valence-corrected chi connectivity index (χ0v) is 16.0. The monoisotopic (exact) mass is 399 g/mol. The molecule has 2 nitrogen and oxygen atoms in total. The summed E-state index contributed by atoms with van der Waals surface area (Å²) in [5, 5.41) is 1.69. The smallest absolute Gasteiger partial charge is 0.130 e. The van der Waals surface area contributed by atoms with Crippen molar-refractivity contribution >= 4 is 52.0 Å². The fourth-order valence-corrected chi connectivity index (χ4v) is 3.51. The zero-order chi connectivity index (χ0) is 17.1. The van der Waals surface area contributed by atoms with Crippen molar-refractivity contribution in [3.8, 4) is 5.75 Å². The number of ether oxygens (including phenoxy) is 1. The predicted octanol–water partition coefficient (Wildman–Crippen LogP) is 6.00. The van der Waals surface area contributed by atoms with Gasteiger partial charge in [0, 0.05) is 18.1 Å². The molecule has 0 aliphatic carbocycles. The zero-order valence-electron chi connectivity index (χ0n) is 12.9. The second kappa shape index (κ2) is 7.92. The van der Waals surface area contributed by atoms with Crippen LogP contribution in [0.1, 0.15) is 24.0 Å². The van der Waals surface area contributed by atoms with Crippen molar-refractivity contribution in [2.24, 2.45) is 0 Å². The maximum absolute atomic E-state index is 6.16. The van der Waals surface area contributed by atoms with Gasteiger partial charge in [0.1, 0.15) is 17.3 Å². The number of halogens is 3. The Morgan fingerprint density at radius 1 is 1.00 bits per heavy atom. The number of hydrogen-bond donors (Lipinski definition) is 0. The average Bonchev–Trinajstić information content (AvgIpc) is 3.10. The Balaban J connectivity index is 1.79. The van der Waals surface area contributed by atoms with Crippen LogP contribution >= 0.6 is 47.0 Å². The minimum absolute atomic E-state index is 0.383. The summed E-state index contributed by atoms with van der Waals surface area (Å²) in [4.78, 5) is 2.99. The third-order valence-corrected chi connectivity index (χ3v) is 5.40. The lowest BCUT2D eigenvalue weighted by Gasteiger charge is -2.21. The maximum Gasteiger partial charge on any atom is 0.130 e. The van der Waals surface area contributed by atoms with Crippen LogP contribution in [0.2, 0.25) is 15.1 Å². The van der Waals surface area contributed by atoms with Gasteiger partial charge in [0.15, 0.2) is 0 Å². The van der Waals surface area contributed by atoms with E-state index in [9.17, 15) is 0 Å². The second-order valence-electron chi connectivity index (χ2n) is 5.68. The number of nitrogens with zero attached hydrogens (tertiary/aromatic N) is 1. The summed E-state index contributed by atoms with van der Waals surface area (Å²) < 4.78 is 5.98. The molecule has 6 heteroatoms.